The van der Waals surface area contributed by atoms with Gasteiger partial charge >= 0.3 is 0 Å². The van der Waals surface area contributed by atoms with E-state index in [1.165, 1.54) is 4.88 Å². The van der Waals surface area contributed by atoms with Gasteiger partial charge in [0.1, 0.15) is 5.75 Å². The van der Waals surface area contributed by atoms with Crippen LogP contribution in [0.3, 0.4) is 0 Å². The molecule has 6 heteroatoms. The van der Waals surface area contributed by atoms with Crippen LogP contribution in [0.5, 0.6) is 5.75 Å². The summed E-state index contributed by atoms with van der Waals surface area (Å²) in [6.45, 7) is 2.93. The molecule has 2 nitrogen and oxygen atoms in total. The highest BCUT2D eigenvalue weighted by Gasteiger charge is 2.23. The molecule has 0 fully saturated rings. The van der Waals surface area contributed by atoms with Gasteiger partial charge in [0.25, 0.3) is 0 Å². The Hall–Kier alpha value is -0.0700. The quantitative estimate of drug-likeness (QED) is 0.652. The highest BCUT2D eigenvalue weighted by atomic mass is 79.9. The van der Waals surface area contributed by atoms with E-state index in [1.54, 1.807) is 18.4 Å². The van der Waals surface area contributed by atoms with E-state index in [0.29, 0.717) is 5.02 Å². The molecule has 1 aromatic heterocycles. The van der Waals surface area contributed by atoms with E-state index < -0.39 is 0 Å². The molecule has 1 atom stereocenters. The van der Waals surface area contributed by atoms with Gasteiger partial charge in [0, 0.05) is 19.9 Å². The molecule has 1 aromatic carbocycles. The van der Waals surface area contributed by atoms with E-state index in [2.05, 4.69) is 55.5 Å². The van der Waals surface area contributed by atoms with Gasteiger partial charge in [-0.15, -0.1) is 11.3 Å². The molecule has 0 saturated heterocycles. The SMILES string of the molecule is CCNC(c1cc(Cl)cc(Br)c1OC)c1sccc1Br. The third kappa shape index (κ3) is 3.39. The lowest BCUT2D eigenvalue weighted by Gasteiger charge is -2.21. The van der Waals surface area contributed by atoms with Gasteiger partial charge in [-0.25, -0.2) is 0 Å². The normalized spacial score (nSPS) is 12.4. The van der Waals surface area contributed by atoms with Crippen LogP contribution in [-0.2, 0) is 0 Å². The van der Waals surface area contributed by atoms with Gasteiger partial charge < -0.3 is 10.1 Å². The third-order valence-corrected chi connectivity index (χ3v) is 5.61. The fourth-order valence-electron chi connectivity index (χ4n) is 2.07. The zero-order chi connectivity index (χ0) is 14.7. The van der Waals surface area contributed by atoms with Crippen LogP contribution in [0.1, 0.15) is 23.4 Å². The predicted octanol–water partition coefficient (Wildman–Crippen LogP) is 5.63. The maximum atomic E-state index is 6.20. The molecular formula is C14H14Br2ClNOS. The summed E-state index contributed by atoms with van der Waals surface area (Å²) in [4.78, 5) is 1.21. The molecule has 0 aliphatic heterocycles. The summed E-state index contributed by atoms with van der Waals surface area (Å²) in [5.41, 5.74) is 1.02. The van der Waals surface area contributed by atoms with Crippen molar-refractivity contribution in [2.75, 3.05) is 13.7 Å². The van der Waals surface area contributed by atoms with Gasteiger partial charge in [-0.05, 0) is 62.0 Å². The first kappa shape index (κ1) is 16.3. The minimum atomic E-state index is 0.0410. The van der Waals surface area contributed by atoms with Gasteiger partial charge in [-0.2, -0.15) is 0 Å². The number of hydrogen-bond acceptors (Lipinski definition) is 3. The second-order valence-electron chi connectivity index (χ2n) is 4.13. The van der Waals surface area contributed by atoms with E-state index >= 15 is 0 Å². The number of rotatable bonds is 5. The molecule has 0 amide bonds. The Balaban J connectivity index is 2.58. The average Bonchev–Trinajstić information content (AvgIpc) is 2.81. The largest absolute Gasteiger partial charge is 0.495 e. The first-order valence-corrected chi connectivity index (χ1v) is 8.92. The lowest BCUT2D eigenvalue weighted by molar-refractivity contribution is 0.402. The second kappa shape index (κ2) is 7.27. The summed E-state index contributed by atoms with van der Waals surface area (Å²) in [7, 11) is 1.67. The minimum absolute atomic E-state index is 0.0410. The van der Waals surface area contributed by atoms with Gasteiger partial charge in [0.15, 0.2) is 0 Å². The van der Waals surface area contributed by atoms with Gasteiger partial charge in [0.05, 0.1) is 17.6 Å². The standard InChI is InChI=1S/C14H14Br2ClNOS/c1-3-18-12(14-10(15)4-5-20-14)9-6-8(17)7-11(16)13(9)19-2/h4-7,12,18H,3H2,1-2H3. The molecule has 1 unspecified atom stereocenters. The van der Waals surface area contributed by atoms with Crippen molar-refractivity contribution in [3.63, 3.8) is 0 Å². The lowest BCUT2D eigenvalue weighted by atomic mass is 10.0. The first-order valence-electron chi connectivity index (χ1n) is 6.07. The Morgan fingerprint density at radius 3 is 2.65 bits per heavy atom. The number of halogens is 3. The number of methoxy groups -OCH3 is 1. The minimum Gasteiger partial charge on any atom is -0.495 e. The topological polar surface area (TPSA) is 21.3 Å². The maximum Gasteiger partial charge on any atom is 0.138 e. The van der Waals surface area contributed by atoms with Crippen molar-refractivity contribution >= 4 is 54.8 Å². The third-order valence-electron chi connectivity index (χ3n) is 2.87. The number of ether oxygens (including phenoxy) is 1. The fourth-order valence-corrected chi connectivity index (χ4v) is 4.76. The highest BCUT2D eigenvalue weighted by molar-refractivity contribution is 9.10. The Bertz CT molecular complexity index is 603. The monoisotopic (exact) mass is 437 g/mol. The summed E-state index contributed by atoms with van der Waals surface area (Å²) in [5, 5.41) is 6.24. The summed E-state index contributed by atoms with van der Waals surface area (Å²) in [5.74, 6) is 0.806. The van der Waals surface area contributed by atoms with Crippen molar-refractivity contribution in [1.29, 1.82) is 0 Å². The van der Waals surface area contributed by atoms with E-state index in [-0.39, 0.29) is 6.04 Å². The van der Waals surface area contributed by atoms with Crippen LogP contribution in [0.2, 0.25) is 5.02 Å². The molecular weight excluding hydrogens is 425 g/mol. The molecule has 0 spiro atoms. The predicted molar refractivity (Wildman–Crippen MR) is 93.2 cm³/mol. The van der Waals surface area contributed by atoms with Crippen LogP contribution in [-0.4, -0.2) is 13.7 Å². The molecule has 108 valence electrons. The van der Waals surface area contributed by atoms with Crippen LogP contribution >= 0.6 is 54.8 Å². The summed E-state index contributed by atoms with van der Waals surface area (Å²) in [6, 6.07) is 5.89. The molecule has 1 heterocycles. The van der Waals surface area contributed by atoms with Crippen LogP contribution in [0.15, 0.2) is 32.5 Å². The number of hydrogen-bond donors (Lipinski definition) is 1. The van der Waals surface area contributed by atoms with Crippen LogP contribution in [0, 0.1) is 0 Å². The van der Waals surface area contributed by atoms with Crippen molar-refractivity contribution in [2.45, 2.75) is 13.0 Å². The van der Waals surface area contributed by atoms with Gasteiger partial charge in [-0.1, -0.05) is 18.5 Å². The fraction of sp³-hybridized carbons (Fsp3) is 0.286. The summed E-state index contributed by atoms with van der Waals surface area (Å²) >= 11 is 15.0. The molecule has 20 heavy (non-hydrogen) atoms. The molecule has 2 aromatic rings. The molecule has 1 N–H and O–H groups in total. The van der Waals surface area contributed by atoms with E-state index in [9.17, 15) is 0 Å². The van der Waals surface area contributed by atoms with Crippen molar-refractivity contribution in [2.24, 2.45) is 0 Å². The Kier molecular flexibility index (Phi) is 5.93. The van der Waals surface area contributed by atoms with Crippen molar-refractivity contribution in [3.05, 3.63) is 48.0 Å². The molecule has 0 saturated carbocycles. The molecule has 0 bridgehead atoms. The van der Waals surface area contributed by atoms with Gasteiger partial charge in [0.2, 0.25) is 0 Å². The van der Waals surface area contributed by atoms with E-state index in [1.807, 2.05) is 12.1 Å². The van der Waals surface area contributed by atoms with Crippen LogP contribution < -0.4 is 10.1 Å². The number of benzene rings is 1. The highest BCUT2D eigenvalue weighted by Crippen LogP contribution is 2.41. The number of nitrogens with one attached hydrogen (secondary N) is 1. The average molecular weight is 440 g/mol. The van der Waals surface area contributed by atoms with Crippen molar-refractivity contribution in [3.8, 4) is 5.75 Å². The smallest absolute Gasteiger partial charge is 0.138 e. The van der Waals surface area contributed by atoms with Crippen LogP contribution in [0.4, 0.5) is 0 Å². The Morgan fingerprint density at radius 1 is 1.35 bits per heavy atom. The maximum absolute atomic E-state index is 6.20. The van der Waals surface area contributed by atoms with E-state index in [4.69, 9.17) is 16.3 Å². The van der Waals surface area contributed by atoms with E-state index in [0.717, 1.165) is 26.8 Å². The zero-order valence-corrected chi connectivity index (χ0v) is 15.8. The lowest BCUT2D eigenvalue weighted by Crippen LogP contribution is -2.22. The summed E-state index contributed by atoms with van der Waals surface area (Å²) in [6.07, 6.45) is 0. The van der Waals surface area contributed by atoms with Crippen LogP contribution in [0.25, 0.3) is 0 Å². The molecule has 0 aliphatic rings. The van der Waals surface area contributed by atoms with Crippen molar-refractivity contribution < 1.29 is 4.74 Å². The zero-order valence-electron chi connectivity index (χ0n) is 11.0. The van der Waals surface area contributed by atoms with Gasteiger partial charge in [-0.3, -0.25) is 0 Å². The number of thiophene rings is 1. The first-order chi connectivity index (χ1) is 9.58. The second-order valence-corrected chi connectivity index (χ2v) is 7.23. The molecule has 0 radical (unpaired) electrons. The molecule has 2 rings (SSSR count). The molecule has 0 aliphatic carbocycles. The Labute approximate surface area is 144 Å². The Morgan fingerprint density at radius 2 is 2.10 bits per heavy atom. The van der Waals surface area contributed by atoms with Crippen molar-refractivity contribution in [1.82, 2.24) is 5.32 Å². The summed E-state index contributed by atoms with van der Waals surface area (Å²) < 4.78 is 7.49.